The van der Waals surface area contributed by atoms with Crippen molar-refractivity contribution in [2.24, 2.45) is 0 Å². The normalized spacial score (nSPS) is 18.7. The predicted molar refractivity (Wildman–Crippen MR) is 123 cm³/mol. The van der Waals surface area contributed by atoms with E-state index in [0.717, 1.165) is 35.0 Å². The second-order valence-electron chi connectivity index (χ2n) is 8.52. The zero-order valence-electron chi connectivity index (χ0n) is 18.0. The average Bonchev–Trinajstić information content (AvgIpc) is 3.14. The molecule has 0 aliphatic carbocycles. The van der Waals surface area contributed by atoms with Crippen LogP contribution in [-0.2, 0) is 9.59 Å². The highest BCUT2D eigenvalue weighted by Crippen LogP contribution is 2.34. The fraction of sp³-hybridized carbons (Fsp3) is 0.320. The van der Waals surface area contributed by atoms with Crippen LogP contribution in [0.1, 0.15) is 49.4 Å². The van der Waals surface area contributed by atoms with Crippen LogP contribution in [0.3, 0.4) is 0 Å². The van der Waals surface area contributed by atoms with Gasteiger partial charge < -0.3 is 14.8 Å². The Labute approximate surface area is 185 Å². The molecule has 3 aromatic rings. The van der Waals surface area contributed by atoms with Gasteiger partial charge in [-0.05, 0) is 42.2 Å². The van der Waals surface area contributed by atoms with Crippen molar-refractivity contribution in [1.82, 2.24) is 19.4 Å². The maximum atomic E-state index is 13.2. The summed E-state index contributed by atoms with van der Waals surface area (Å²) in [5.41, 5.74) is 3.69. The molecule has 2 aliphatic heterocycles. The summed E-state index contributed by atoms with van der Waals surface area (Å²) in [6.07, 6.45) is 5.40. The van der Waals surface area contributed by atoms with Gasteiger partial charge in [-0.25, -0.2) is 4.79 Å². The highest BCUT2D eigenvalue weighted by molar-refractivity contribution is 5.82. The molecule has 1 aromatic heterocycles. The van der Waals surface area contributed by atoms with Gasteiger partial charge in [-0.1, -0.05) is 36.4 Å². The fourth-order valence-corrected chi connectivity index (χ4v) is 5.02. The lowest BCUT2D eigenvalue weighted by atomic mass is 9.93. The molecule has 7 nitrogen and oxygen atoms in total. The molecule has 2 amide bonds. The number of H-pyrrole nitrogens is 1. The minimum atomic E-state index is -0.296. The Morgan fingerprint density at radius 3 is 2.53 bits per heavy atom. The molecule has 1 atom stereocenters. The van der Waals surface area contributed by atoms with Crippen molar-refractivity contribution in [2.75, 3.05) is 13.1 Å². The van der Waals surface area contributed by atoms with Gasteiger partial charge in [0.25, 0.3) is 0 Å². The van der Waals surface area contributed by atoms with E-state index in [2.05, 4.69) is 4.98 Å². The summed E-state index contributed by atoms with van der Waals surface area (Å²) >= 11 is 0. The third kappa shape index (κ3) is 3.53. The van der Waals surface area contributed by atoms with Crippen LogP contribution in [0.4, 0.5) is 0 Å². The van der Waals surface area contributed by atoms with Crippen LogP contribution in [0.2, 0.25) is 0 Å². The number of benzene rings is 2. The number of fused-ring (bicyclic) bond motifs is 2. The van der Waals surface area contributed by atoms with E-state index >= 15 is 0 Å². The smallest absolute Gasteiger partial charge is 0.326 e. The number of para-hydroxylation sites is 2. The van der Waals surface area contributed by atoms with Crippen LogP contribution >= 0.6 is 0 Å². The number of aromatic amines is 1. The van der Waals surface area contributed by atoms with Crippen LogP contribution in [-0.4, -0.2) is 44.3 Å². The number of nitrogens with one attached hydrogen (secondary N) is 1. The molecule has 2 aromatic carbocycles. The largest absolute Gasteiger partial charge is 0.342 e. The van der Waals surface area contributed by atoms with E-state index in [0.29, 0.717) is 13.1 Å². The van der Waals surface area contributed by atoms with Gasteiger partial charge in [-0.2, -0.15) is 0 Å². The van der Waals surface area contributed by atoms with Crippen molar-refractivity contribution in [3.63, 3.8) is 0 Å². The monoisotopic (exact) mass is 430 g/mol. The summed E-state index contributed by atoms with van der Waals surface area (Å²) in [6.45, 7) is 2.72. The highest BCUT2D eigenvalue weighted by Gasteiger charge is 2.32. The molecule has 0 bridgehead atoms. The number of likely N-dealkylation sites (tertiary alicyclic amines) is 1. The highest BCUT2D eigenvalue weighted by atomic mass is 16.2. The molecular formula is C25H26N4O3. The van der Waals surface area contributed by atoms with Crippen LogP contribution < -0.4 is 5.69 Å². The number of carbonyl (C=O) groups excluding carboxylic acids is 2. The molecule has 5 rings (SSSR count). The van der Waals surface area contributed by atoms with Gasteiger partial charge in [-0.3, -0.25) is 14.2 Å². The van der Waals surface area contributed by atoms with Gasteiger partial charge in [0.2, 0.25) is 11.8 Å². The summed E-state index contributed by atoms with van der Waals surface area (Å²) < 4.78 is 1.83. The first-order valence-corrected chi connectivity index (χ1v) is 11.1. The first-order valence-electron chi connectivity index (χ1n) is 11.1. The Bertz CT molecular complexity index is 1260. The fourth-order valence-electron chi connectivity index (χ4n) is 5.02. The van der Waals surface area contributed by atoms with Crippen LogP contribution in [0, 0.1) is 0 Å². The maximum absolute atomic E-state index is 13.2. The molecule has 7 heteroatoms. The lowest BCUT2D eigenvalue weighted by Gasteiger charge is -2.36. The quantitative estimate of drug-likeness (QED) is 0.691. The zero-order chi connectivity index (χ0) is 22.2. The van der Waals surface area contributed by atoms with Crippen molar-refractivity contribution in [1.29, 1.82) is 0 Å². The molecular weight excluding hydrogens is 404 g/mol. The van der Waals surface area contributed by atoms with E-state index in [1.54, 1.807) is 11.1 Å². The summed E-state index contributed by atoms with van der Waals surface area (Å²) in [4.78, 5) is 44.4. The number of carbonyl (C=O) groups is 2. The van der Waals surface area contributed by atoms with E-state index in [-0.39, 0.29) is 36.0 Å². The minimum absolute atomic E-state index is 0.0380. The van der Waals surface area contributed by atoms with Crippen molar-refractivity contribution in [3.8, 4) is 0 Å². The van der Waals surface area contributed by atoms with Gasteiger partial charge in [0.05, 0.1) is 23.5 Å². The van der Waals surface area contributed by atoms with E-state index in [1.165, 1.54) is 6.92 Å². The summed E-state index contributed by atoms with van der Waals surface area (Å²) in [6, 6.07) is 15.4. The van der Waals surface area contributed by atoms with E-state index < -0.39 is 0 Å². The molecule has 0 spiro atoms. The summed E-state index contributed by atoms with van der Waals surface area (Å²) in [5.74, 6) is -0.0398. The molecule has 164 valence electrons. The van der Waals surface area contributed by atoms with E-state index in [9.17, 15) is 14.4 Å². The molecule has 0 unspecified atom stereocenters. The van der Waals surface area contributed by atoms with Gasteiger partial charge in [0.1, 0.15) is 0 Å². The average molecular weight is 431 g/mol. The predicted octanol–water partition coefficient (Wildman–Crippen LogP) is 3.46. The first-order chi connectivity index (χ1) is 15.5. The molecule has 1 saturated heterocycles. The topological polar surface area (TPSA) is 78.4 Å². The summed E-state index contributed by atoms with van der Waals surface area (Å²) in [5, 5.41) is 0. The third-order valence-electron chi connectivity index (χ3n) is 6.64. The lowest BCUT2D eigenvalue weighted by Crippen LogP contribution is -2.42. The molecule has 0 saturated carbocycles. The molecule has 3 heterocycles. The SMILES string of the molecule is CC(=O)N1C=Cc2ccccc2[C@H]1CC(=O)N1CCC(n2c(=O)[nH]c3ccccc32)CC1. The lowest BCUT2D eigenvalue weighted by molar-refractivity contribution is -0.135. The number of aromatic nitrogens is 2. The Balaban J connectivity index is 1.30. The number of nitrogens with zero attached hydrogens (tertiary/aromatic N) is 3. The Hall–Kier alpha value is -3.61. The standard InChI is InChI=1S/C25H26N4O3/c1-17(30)28-15-10-18-6-2-3-7-20(18)23(28)16-24(31)27-13-11-19(12-14-27)29-22-9-5-4-8-21(22)26-25(29)32/h2-10,15,19,23H,11-14,16H2,1H3,(H,26,32)/t23-/m1/s1. The van der Waals surface area contributed by atoms with Gasteiger partial charge in [0, 0.05) is 32.3 Å². The number of piperidine rings is 1. The van der Waals surface area contributed by atoms with Crippen molar-refractivity contribution >= 4 is 28.9 Å². The van der Waals surface area contributed by atoms with Gasteiger partial charge in [0.15, 0.2) is 0 Å². The maximum Gasteiger partial charge on any atom is 0.326 e. The number of rotatable bonds is 3. The molecule has 2 aliphatic rings. The second kappa shape index (κ2) is 8.15. The molecule has 32 heavy (non-hydrogen) atoms. The van der Waals surface area contributed by atoms with Crippen LogP contribution in [0.5, 0.6) is 0 Å². The Morgan fingerprint density at radius 2 is 1.75 bits per heavy atom. The minimum Gasteiger partial charge on any atom is -0.342 e. The van der Waals surface area contributed by atoms with E-state index in [4.69, 9.17) is 0 Å². The molecule has 0 radical (unpaired) electrons. The number of amides is 2. The Morgan fingerprint density at radius 1 is 1.03 bits per heavy atom. The summed E-state index contributed by atoms with van der Waals surface area (Å²) in [7, 11) is 0. The van der Waals surface area contributed by atoms with Crippen LogP contribution in [0.15, 0.2) is 59.5 Å². The molecule has 1 N–H and O–H groups in total. The van der Waals surface area contributed by atoms with E-state index in [1.807, 2.05) is 64.1 Å². The number of hydrogen-bond acceptors (Lipinski definition) is 3. The zero-order valence-corrected chi connectivity index (χ0v) is 18.0. The van der Waals surface area contributed by atoms with Crippen molar-refractivity contribution in [2.45, 2.75) is 38.3 Å². The Kier molecular flexibility index (Phi) is 5.17. The first kappa shape index (κ1) is 20.3. The van der Waals surface area contributed by atoms with Gasteiger partial charge in [-0.15, -0.1) is 0 Å². The third-order valence-corrected chi connectivity index (χ3v) is 6.64. The van der Waals surface area contributed by atoms with Crippen molar-refractivity contribution in [3.05, 3.63) is 76.3 Å². The molecule has 1 fully saturated rings. The second-order valence-corrected chi connectivity index (χ2v) is 8.52. The number of hydrogen-bond donors (Lipinski definition) is 1. The number of imidazole rings is 1. The van der Waals surface area contributed by atoms with Crippen LogP contribution in [0.25, 0.3) is 17.1 Å². The van der Waals surface area contributed by atoms with Crippen molar-refractivity contribution < 1.29 is 9.59 Å². The van der Waals surface area contributed by atoms with Gasteiger partial charge >= 0.3 is 5.69 Å².